The Balaban J connectivity index is 1.72. The summed E-state index contributed by atoms with van der Waals surface area (Å²) in [5.41, 5.74) is -0.193. The van der Waals surface area contributed by atoms with Gasteiger partial charge in [-0.3, -0.25) is 0 Å². The summed E-state index contributed by atoms with van der Waals surface area (Å²) in [5, 5.41) is 29.5. The van der Waals surface area contributed by atoms with E-state index in [9.17, 15) is 28.5 Å². The van der Waals surface area contributed by atoms with Crippen LogP contribution in [0, 0.1) is 11.8 Å². The molecule has 4 atom stereocenters. The summed E-state index contributed by atoms with van der Waals surface area (Å²) in [4.78, 5) is 0. The molecule has 4 unspecified atom stereocenters. The monoisotopic (exact) mass is 572 g/mol. The third kappa shape index (κ3) is 4.21. The molecule has 3 N–H and O–H groups in total. The van der Waals surface area contributed by atoms with E-state index in [0.29, 0.717) is 11.3 Å². The SMILES string of the molecule is OCC1[C](=[Os])C(COc2ccc(-c3ccccc3C(F)(F)F)cc2)C(O)C1O. The van der Waals surface area contributed by atoms with Gasteiger partial charge in [0.2, 0.25) is 0 Å². The van der Waals surface area contributed by atoms with Crippen molar-refractivity contribution in [2.75, 3.05) is 13.2 Å². The van der Waals surface area contributed by atoms with Gasteiger partial charge in [0.25, 0.3) is 0 Å². The number of aliphatic hydroxyl groups excluding tert-OH is 3. The fourth-order valence-electron chi connectivity index (χ4n) is 3.34. The fraction of sp³-hybridized carbons (Fsp3) is 0.350. The van der Waals surface area contributed by atoms with Crippen molar-refractivity contribution in [1.82, 2.24) is 0 Å². The third-order valence-corrected chi connectivity index (χ3v) is 6.77. The van der Waals surface area contributed by atoms with Gasteiger partial charge < -0.3 is 0 Å². The first kappa shape index (κ1) is 21.1. The zero-order valence-electron chi connectivity index (χ0n) is 14.6. The average Bonchev–Trinajstić information content (AvgIpc) is 2.88. The first-order valence-electron chi connectivity index (χ1n) is 8.61. The number of hydrogen-bond acceptors (Lipinski definition) is 4. The molecular formula is C20H19F3O4Os. The van der Waals surface area contributed by atoms with Gasteiger partial charge in [-0.1, -0.05) is 0 Å². The predicted molar refractivity (Wildman–Crippen MR) is 93.5 cm³/mol. The maximum absolute atomic E-state index is 13.2. The Bertz CT molecular complexity index is 838. The minimum atomic E-state index is -4.44. The van der Waals surface area contributed by atoms with Gasteiger partial charge in [-0.25, -0.2) is 0 Å². The molecule has 0 heterocycles. The van der Waals surface area contributed by atoms with Crippen molar-refractivity contribution < 1.29 is 51.4 Å². The Hall–Kier alpha value is -1.58. The summed E-state index contributed by atoms with van der Waals surface area (Å²) in [6.07, 6.45) is -6.50. The first-order valence-corrected chi connectivity index (χ1v) is 9.88. The molecule has 1 aliphatic rings. The molecular weight excluding hydrogens is 551 g/mol. The van der Waals surface area contributed by atoms with E-state index in [1.54, 1.807) is 30.3 Å². The molecule has 1 fully saturated rings. The number of rotatable bonds is 5. The summed E-state index contributed by atoms with van der Waals surface area (Å²) in [7, 11) is 0. The van der Waals surface area contributed by atoms with Crippen molar-refractivity contribution >= 4 is 4.07 Å². The molecule has 2 aromatic rings. The Morgan fingerprint density at radius 1 is 0.929 bits per heavy atom. The van der Waals surface area contributed by atoms with Crippen LogP contribution < -0.4 is 4.74 Å². The number of ether oxygens (including phenoxy) is 1. The number of hydrogen-bond donors (Lipinski definition) is 3. The van der Waals surface area contributed by atoms with E-state index in [1.807, 2.05) is 0 Å². The van der Waals surface area contributed by atoms with Crippen LogP contribution >= 0.6 is 0 Å². The summed E-state index contributed by atoms with van der Waals surface area (Å²) >= 11 is 1.53. The van der Waals surface area contributed by atoms with Gasteiger partial charge in [-0.2, -0.15) is 0 Å². The molecule has 28 heavy (non-hydrogen) atoms. The summed E-state index contributed by atoms with van der Waals surface area (Å²) in [6, 6.07) is 11.6. The van der Waals surface area contributed by atoms with Gasteiger partial charge in [-0.05, 0) is 0 Å². The molecule has 0 saturated heterocycles. The van der Waals surface area contributed by atoms with Crippen molar-refractivity contribution in [3.8, 4) is 16.9 Å². The second-order valence-corrected chi connectivity index (χ2v) is 8.09. The maximum atomic E-state index is 13.2. The van der Waals surface area contributed by atoms with E-state index in [1.165, 1.54) is 30.3 Å². The normalized spacial score (nSPS) is 25.2. The van der Waals surface area contributed by atoms with Gasteiger partial charge in [0.15, 0.2) is 0 Å². The van der Waals surface area contributed by atoms with Crippen molar-refractivity contribution in [2.45, 2.75) is 18.4 Å². The van der Waals surface area contributed by atoms with Gasteiger partial charge in [-0.15, -0.1) is 0 Å². The van der Waals surface area contributed by atoms with Gasteiger partial charge in [0.1, 0.15) is 0 Å². The fourth-order valence-corrected chi connectivity index (χ4v) is 4.65. The molecule has 152 valence electrons. The van der Waals surface area contributed by atoms with Crippen LogP contribution in [0.3, 0.4) is 0 Å². The van der Waals surface area contributed by atoms with Crippen molar-refractivity contribution in [1.29, 1.82) is 0 Å². The van der Waals surface area contributed by atoms with Gasteiger partial charge in [0.05, 0.1) is 0 Å². The molecule has 0 aromatic heterocycles. The predicted octanol–water partition coefficient (Wildman–Crippen LogP) is 2.43. The quantitative estimate of drug-likeness (QED) is 0.517. The van der Waals surface area contributed by atoms with Gasteiger partial charge >= 0.3 is 170 Å². The Morgan fingerprint density at radius 3 is 2.11 bits per heavy atom. The molecule has 0 radical (unpaired) electrons. The third-order valence-electron chi connectivity index (χ3n) is 4.89. The second-order valence-electron chi connectivity index (χ2n) is 6.63. The zero-order chi connectivity index (χ0) is 20.5. The molecule has 0 amide bonds. The van der Waals surface area contributed by atoms with Crippen LogP contribution in [-0.2, 0) is 24.3 Å². The Kier molecular flexibility index (Phi) is 6.36. The van der Waals surface area contributed by atoms with E-state index < -0.39 is 35.8 Å². The first-order chi connectivity index (χ1) is 13.2. The summed E-state index contributed by atoms with van der Waals surface area (Å²) in [6.45, 7) is -0.146. The Labute approximate surface area is 170 Å². The molecule has 4 nitrogen and oxygen atoms in total. The number of aliphatic hydroxyl groups is 3. The molecule has 0 bridgehead atoms. The molecule has 1 aliphatic carbocycles. The van der Waals surface area contributed by atoms with E-state index in [-0.39, 0.29) is 18.8 Å². The van der Waals surface area contributed by atoms with Crippen molar-refractivity contribution in [2.24, 2.45) is 11.8 Å². The Morgan fingerprint density at radius 2 is 1.54 bits per heavy atom. The van der Waals surface area contributed by atoms with Crippen molar-refractivity contribution in [3.63, 3.8) is 0 Å². The molecule has 0 spiro atoms. The number of benzene rings is 2. The minimum absolute atomic E-state index is 0.0899. The van der Waals surface area contributed by atoms with Gasteiger partial charge in [0, 0.05) is 0 Å². The molecule has 8 heteroatoms. The summed E-state index contributed by atoms with van der Waals surface area (Å²) in [5.74, 6) is -0.460. The van der Waals surface area contributed by atoms with E-state index in [0.717, 1.165) is 10.1 Å². The van der Waals surface area contributed by atoms with Crippen LogP contribution in [0.1, 0.15) is 5.56 Å². The average molecular weight is 571 g/mol. The van der Waals surface area contributed by atoms with E-state index in [2.05, 4.69) is 0 Å². The number of halogens is 3. The standard InChI is InChI=1S/C20H19F3O4.Os/c21-20(22,23)17-4-2-1-3-16(17)12-5-7-15(8-6-12)27-11-14-9-13(10-24)18(25)19(14)26;/h1-8,13-14,18-19,24-26H,10-11H2;. The van der Waals surface area contributed by atoms with Crippen LogP contribution in [0.4, 0.5) is 13.2 Å². The topological polar surface area (TPSA) is 69.9 Å². The molecule has 2 aromatic carbocycles. The van der Waals surface area contributed by atoms with E-state index in [4.69, 9.17) is 4.74 Å². The molecule has 3 rings (SSSR count). The zero-order valence-corrected chi connectivity index (χ0v) is 17.1. The summed E-state index contributed by atoms with van der Waals surface area (Å²) < 4.78 is 46.0. The molecule has 0 aliphatic heterocycles. The van der Waals surface area contributed by atoms with Crippen LogP contribution in [0.5, 0.6) is 5.75 Å². The van der Waals surface area contributed by atoms with Crippen LogP contribution in [0.2, 0.25) is 0 Å². The van der Waals surface area contributed by atoms with E-state index >= 15 is 0 Å². The molecule has 1 saturated carbocycles. The number of alkyl halides is 3. The van der Waals surface area contributed by atoms with Crippen molar-refractivity contribution in [3.05, 3.63) is 54.1 Å². The van der Waals surface area contributed by atoms with Crippen LogP contribution in [0.25, 0.3) is 11.1 Å². The second kappa shape index (κ2) is 8.42. The van der Waals surface area contributed by atoms with Crippen LogP contribution in [-0.4, -0.2) is 44.8 Å². The van der Waals surface area contributed by atoms with Crippen LogP contribution in [0.15, 0.2) is 48.5 Å².